The highest BCUT2D eigenvalue weighted by Gasteiger charge is 2.27. The Morgan fingerprint density at radius 1 is 1.47 bits per heavy atom. The lowest BCUT2D eigenvalue weighted by molar-refractivity contribution is -0.386. The molecule has 0 saturated carbocycles. The summed E-state index contributed by atoms with van der Waals surface area (Å²) in [6.45, 7) is 1.43. The van der Waals surface area contributed by atoms with E-state index in [4.69, 9.17) is 9.42 Å². The first-order chi connectivity index (χ1) is 7.87. The molecule has 2 atom stereocenters. The maximum absolute atomic E-state index is 11.2. The van der Waals surface area contributed by atoms with Crippen LogP contribution in [-0.2, 0) is 13.6 Å². The van der Waals surface area contributed by atoms with Crippen molar-refractivity contribution in [3.05, 3.63) is 39.9 Å². The summed E-state index contributed by atoms with van der Waals surface area (Å²) in [7, 11) is -3.15. The smallest absolute Gasteiger partial charge is 0.302 e. The fourth-order valence-electron chi connectivity index (χ4n) is 1.30. The molecule has 2 unspecified atom stereocenters. The van der Waals surface area contributed by atoms with E-state index < -0.39 is 18.8 Å². The second-order valence-electron chi connectivity index (χ2n) is 3.21. The summed E-state index contributed by atoms with van der Waals surface area (Å²) in [5, 5.41) is 10.7. The number of benzene rings is 1. The van der Waals surface area contributed by atoms with Crippen LogP contribution in [-0.4, -0.2) is 16.9 Å². The first kappa shape index (κ1) is 13.8. The number of nitro groups is 1. The molecule has 1 aromatic carbocycles. The van der Waals surface area contributed by atoms with Gasteiger partial charge >= 0.3 is 7.82 Å². The topological polar surface area (TPSA) is 98.9 Å². The van der Waals surface area contributed by atoms with Crippen molar-refractivity contribution in [2.45, 2.75) is 13.0 Å². The predicted molar refractivity (Wildman–Crippen MR) is 59.4 cm³/mol. The van der Waals surface area contributed by atoms with Crippen LogP contribution in [0.15, 0.2) is 24.3 Å². The van der Waals surface area contributed by atoms with Crippen LogP contribution in [0.25, 0.3) is 0 Å². The van der Waals surface area contributed by atoms with Crippen LogP contribution in [0.3, 0.4) is 0 Å². The second-order valence-corrected chi connectivity index (χ2v) is 4.73. The lowest BCUT2D eigenvalue weighted by Gasteiger charge is -2.16. The maximum atomic E-state index is 11.2. The fraction of sp³-hybridized carbons (Fsp3) is 0.333. The summed E-state index contributed by atoms with van der Waals surface area (Å²) in [4.78, 5) is 19.3. The summed E-state index contributed by atoms with van der Waals surface area (Å²) in [6, 6.07) is 5.84. The van der Waals surface area contributed by atoms with Gasteiger partial charge in [0.25, 0.3) is 5.69 Å². The highest BCUT2D eigenvalue weighted by atomic mass is 31.2. The zero-order valence-corrected chi connectivity index (χ0v) is 10.2. The monoisotopic (exact) mass is 261 g/mol. The predicted octanol–water partition coefficient (Wildman–Crippen LogP) is 2.42. The molecule has 0 heterocycles. The molecule has 0 fully saturated rings. The van der Waals surface area contributed by atoms with E-state index >= 15 is 0 Å². The van der Waals surface area contributed by atoms with Gasteiger partial charge in [-0.2, -0.15) is 0 Å². The SMILES string of the molecule is COP(=O)(O)OC(C)c1ccccc1[N+](=O)[O-]. The van der Waals surface area contributed by atoms with Crippen molar-refractivity contribution in [1.82, 2.24) is 0 Å². The molecule has 94 valence electrons. The quantitative estimate of drug-likeness (QED) is 0.496. The standard InChI is InChI=1S/C9H12NO6P/c1-7(16-17(13,14)15-2)8-5-3-4-6-9(8)10(11)12/h3-7H,1-2H3,(H,13,14). The Morgan fingerprint density at radius 2 is 2.06 bits per heavy atom. The molecular formula is C9H12NO6P. The normalized spacial score (nSPS) is 16.2. The van der Waals surface area contributed by atoms with Crippen molar-refractivity contribution in [2.24, 2.45) is 0 Å². The van der Waals surface area contributed by atoms with Crippen molar-refractivity contribution in [3.63, 3.8) is 0 Å². The van der Waals surface area contributed by atoms with Gasteiger partial charge in [-0.05, 0) is 13.0 Å². The molecule has 0 aliphatic heterocycles. The summed E-state index contributed by atoms with van der Waals surface area (Å²) >= 11 is 0. The van der Waals surface area contributed by atoms with Crippen LogP contribution in [0, 0.1) is 10.1 Å². The Kier molecular flexibility index (Phi) is 4.36. The molecule has 8 heteroatoms. The minimum Gasteiger partial charge on any atom is -0.302 e. The number of hydrogen-bond donors (Lipinski definition) is 1. The van der Waals surface area contributed by atoms with E-state index in [0.717, 1.165) is 7.11 Å². The largest absolute Gasteiger partial charge is 0.472 e. The molecule has 0 aromatic heterocycles. The van der Waals surface area contributed by atoms with Gasteiger partial charge in [0.05, 0.1) is 16.6 Å². The average Bonchev–Trinajstić information content (AvgIpc) is 2.28. The molecule has 0 spiro atoms. The Labute approximate surface area is 97.8 Å². The number of hydrogen-bond acceptors (Lipinski definition) is 5. The second kappa shape index (κ2) is 5.37. The molecule has 0 aliphatic rings. The van der Waals surface area contributed by atoms with E-state index in [0.29, 0.717) is 0 Å². The Morgan fingerprint density at radius 3 is 2.59 bits per heavy atom. The van der Waals surface area contributed by atoms with Crippen LogP contribution >= 0.6 is 7.82 Å². The van der Waals surface area contributed by atoms with Crippen molar-refractivity contribution in [3.8, 4) is 0 Å². The number of para-hydroxylation sites is 1. The number of nitro benzene ring substituents is 1. The number of nitrogens with zero attached hydrogens (tertiary/aromatic N) is 1. The van der Waals surface area contributed by atoms with Gasteiger partial charge in [0.15, 0.2) is 0 Å². The van der Waals surface area contributed by atoms with Crippen molar-refractivity contribution in [2.75, 3.05) is 7.11 Å². The molecule has 0 saturated heterocycles. The zero-order valence-electron chi connectivity index (χ0n) is 9.27. The first-order valence-corrected chi connectivity index (χ1v) is 6.17. The van der Waals surface area contributed by atoms with E-state index in [-0.39, 0.29) is 11.3 Å². The van der Waals surface area contributed by atoms with Gasteiger partial charge in [-0.25, -0.2) is 4.57 Å². The van der Waals surface area contributed by atoms with Gasteiger partial charge in [0, 0.05) is 13.2 Å². The highest BCUT2D eigenvalue weighted by Crippen LogP contribution is 2.47. The third-order valence-corrected chi connectivity index (χ3v) is 3.14. The summed E-state index contributed by atoms with van der Waals surface area (Å²) < 4.78 is 20.2. The van der Waals surface area contributed by atoms with Crippen molar-refractivity contribution in [1.29, 1.82) is 0 Å². The fourth-order valence-corrected chi connectivity index (χ4v) is 1.90. The molecular weight excluding hydrogens is 249 g/mol. The van der Waals surface area contributed by atoms with Gasteiger partial charge < -0.3 is 4.89 Å². The molecule has 0 aliphatic carbocycles. The minimum absolute atomic E-state index is 0.170. The Hall–Kier alpha value is -1.27. The van der Waals surface area contributed by atoms with Gasteiger partial charge in [-0.1, -0.05) is 12.1 Å². The highest BCUT2D eigenvalue weighted by molar-refractivity contribution is 7.47. The van der Waals surface area contributed by atoms with Gasteiger partial charge in [-0.15, -0.1) is 0 Å². The van der Waals surface area contributed by atoms with Crippen LogP contribution in [0.5, 0.6) is 0 Å². The van der Waals surface area contributed by atoms with Gasteiger partial charge in [0.2, 0.25) is 0 Å². The summed E-state index contributed by atoms with van der Waals surface area (Å²) in [5.41, 5.74) is 0.0416. The third-order valence-electron chi connectivity index (χ3n) is 2.09. The lowest BCUT2D eigenvalue weighted by Crippen LogP contribution is -2.03. The molecule has 17 heavy (non-hydrogen) atoms. The Bertz CT molecular complexity index is 463. The summed E-state index contributed by atoms with van der Waals surface area (Å²) in [5.74, 6) is 0. The zero-order chi connectivity index (χ0) is 13.1. The average molecular weight is 261 g/mol. The molecule has 1 aromatic rings. The minimum atomic E-state index is -4.17. The molecule has 0 bridgehead atoms. The van der Waals surface area contributed by atoms with E-state index in [2.05, 4.69) is 4.52 Å². The summed E-state index contributed by atoms with van der Waals surface area (Å²) in [6.07, 6.45) is -0.924. The van der Waals surface area contributed by atoms with E-state index in [9.17, 15) is 14.7 Å². The lowest BCUT2D eigenvalue weighted by atomic mass is 10.1. The number of rotatable bonds is 5. The van der Waals surface area contributed by atoms with Gasteiger partial charge in [-0.3, -0.25) is 19.2 Å². The van der Waals surface area contributed by atoms with E-state index in [1.165, 1.54) is 25.1 Å². The van der Waals surface area contributed by atoms with E-state index in [1.54, 1.807) is 6.07 Å². The van der Waals surface area contributed by atoms with Crippen LogP contribution in [0.1, 0.15) is 18.6 Å². The molecule has 7 nitrogen and oxygen atoms in total. The number of phosphoric acid groups is 1. The number of phosphoric ester groups is 1. The van der Waals surface area contributed by atoms with Crippen LogP contribution in [0.2, 0.25) is 0 Å². The van der Waals surface area contributed by atoms with Crippen LogP contribution < -0.4 is 0 Å². The van der Waals surface area contributed by atoms with Gasteiger partial charge in [0.1, 0.15) is 0 Å². The molecule has 0 amide bonds. The Balaban J connectivity index is 3.00. The third kappa shape index (κ3) is 3.61. The van der Waals surface area contributed by atoms with Crippen molar-refractivity contribution >= 4 is 13.5 Å². The molecule has 0 radical (unpaired) electrons. The molecule has 1 N–H and O–H groups in total. The van der Waals surface area contributed by atoms with Crippen molar-refractivity contribution < 1.29 is 23.4 Å². The van der Waals surface area contributed by atoms with Crippen LogP contribution in [0.4, 0.5) is 5.69 Å². The molecule has 1 rings (SSSR count). The van der Waals surface area contributed by atoms with E-state index in [1.807, 2.05) is 0 Å². The maximum Gasteiger partial charge on any atom is 0.472 e. The first-order valence-electron chi connectivity index (χ1n) is 4.67.